The van der Waals surface area contributed by atoms with E-state index in [0.717, 1.165) is 58.4 Å². The number of nitrogens with zero attached hydrogens (tertiary/aromatic N) is 3. The lowest BCUT2D eigenvalue weighted by atomic mass is 10.2. The molecule has 1 amide bonds. The molecule has 0 radical (unpaired) electrons. The number of halogens is 1. The van der Waals surface area contributed by atoms with Crippen LogP contribution in [0.3, 0.4) is 0 Å². The summed E-state index contributed by atoms with van der Waals surface area (Å²) < 4.78 is 27.6. The molecule has 0 bridgehead atoms. The summed E-state index contributed by atoms with van der Waals surface area (Å²) in [7, 11) is -1.38. The molecule has 0 saturated carbocycles. The average molecular weight is 487 g/mol. The number of nitrogens with one attached hydrogen (secondary N) is 1. The van der Waals surface area contributed by atoms with Gasteiger partial charge in [-0.15, -0.1) is 0 Å². The van der Waals surface area contributed by atoms with Crippen LogP contribution in [0.25, 0.3) is 0 Å². The summed E-state index contributed by atoms with van der Waals surface area (Å²) in [5.74, 6) is -0.241. The number of likely N-dealkylation sites (N-methyl/N-ethyl adjacent to an activating group) is 1. The van der Waals surface area contributed by atoms with Crippen molar-refractivity contribution in [1.82, 2.24) is 19.4 Å². The highest BCUT2D eigenvalue weighted by Gasteiger charge is 2.28. The third-order valence-corrected chi connectivity index (χ3v) is 8.25. The monoisotopic (exact) mass is 486 g/mol. The largest absolute Gasteiger partial charge is 0.352 e. The van der Waals surface area contributed by atoms with Gasteiger partial charge in [-0.05, 0) is 73.4 Å². The van der Waals surface area contributed by atoms with Crippen molar-refractivity contribution in [2.24, 2.45) is 0 Å². The van der Waals surface area contributed by atoms with Gasteiger partial charge in [-0.3, -0.25) is 4.79 Å². The fourth-order valence-electron chi connectivity index (χ4n) is 3.75. The van der Waals surface area contributed by atoms with Gasteiger partial charge in [0.25, 0.3) is 5.91 Å². The molecule has 2 aliphatic heterocycles. The number of rotatable bonds is 8. The Bertz CT molecular complexity index is 804. The van der Waals surface area contributed by atoms with Gasteiger partial charge in [-0.2, -0.15) is 4.31 Å². The van der Waals surface area contributed by atoms with Gasteiger partial charge in [0.2, 0.25) is 10.0 Å². The van der Waals surface area contributed by atoms with Crippen LogP contribution in [0.5, 0.6) is 0 Å². The third kappa shape index (κ3) is 6.01. The van der Waals surface area contributed by atoms with Gasteiger partial charge < -0.3 is 15.1 Å². The van der Waals surface area contributed by atoms with Crippen LogP contribution in [0.2, 0.25) is 0 Å². The molecule has 3 rings (SSSR count). The number of carbonyl (C=O) groups is 1. The van der Waals surface area contributed by atoms with E-state index in [1.807, 2.05) is 0 Å². The predicted octanol–water partition coefficient (Wildman–Crippen LogP) is 1.99. The maximum atomic E-state index is 12.8. The number of amides is 1. The van der Waals surface area contributed by atoms with E-state index in [9.17, 15) is 13.2 Å². The van der Waals surface area contributed by atoms with E-state index in [0.29, 0.717) is 29.7 Å². The van der Waals surface area contributed by atoms with Crippen LogP contribution in [0.15, 0.2) is 27.6 Å². The summed E-state index contributed by atoms with van der Waals surface area (Å²) in [5, 5.41) is 2.93. The van der Waals surface area contributed by atoms with Crippen LogP contribution in [-0.4, -0.2) is 87.8 Å². The van der Waals surface area contributed by atoms with Gasteiger partial charge in [-0.1, -0.05) is 0 Å². The fraction of sp³-hybridized carbons (Fsp3) is 0.650. The highest BCUT2D eigenvalue weighted by atomic mass is 79.9. The number of sulfonamides is 1. The van der Waals surface area contributed by atoms with Crippen molar-refractivity contribution in [2.45, 2.75) is 30.6 Å². The number of hydrogen-bond donors (Lipinski definition) is 1. The zero-order chi connectivity index (χ0) is 20.9. The number of benzene rings is 1. The molecule has 2 fully saturated rings. The van der Waals surface area contributed by atoms with Crippen LogP contribution < -0.4 is 5.32 Å². The van der Waals surface area contributed by atoms with Crippen molar-refractivity contribution < 1.29 is 13.2 Å². The molecule has 0 aromatic heterocycles. The Morgan fingerprint density at radius 2 is 1.76 bits per heavy atom. The van der Waals surface area contributed by atoms with Crippen LogP contribution in [-0.2, 0) is 10.0 Å². The number of piperazine rings is 1. The average Bonchev–Trinajstić information content (AvgIpc) is 3.25. The van der Waals surface area contributed by atoms with Crippen molar-refractivity contribution in [3.63, 3.8) is 0 Å². The number of carbonyl (C=O) groups excluding carboxylic acids is 1. The highest BCUT2D eigenvalue weighted by molar-refractivity contribution is 9.10. The Kier molecular flexibility index (Phi) is 8.09. The smallest absolute Gasteiger partial charge is 0.252 e. The van der Waals surface area contributed by atoms with E-state index in [4.69, 9.17) is 0 Å². The Labute approximate surface area is 182 Å². The lowest BCUT2D eigenvalue weighted by Crippen LogP contribution is -2.44. The minimum Gasteiger partial charge on any atom is -0.352 e. The van der Waals surface area contributed by atoms with Crippen molar-refractivity contribution in [3.05, 3.63) is 28.2 Å². The van der Waals surface area contributed by atoms with E-state index >= 15 is 0 Å². The highest BCUT2D eigenvalue weighted by Crippen LogP contribution is 2.25. The molecule has 0 atom stereocenters. The lowest BCUT2D eigenvalue weighted by Gasteiger charge is -2.32. The van der Waals surface area contributed by atoms with Crippen molar-refractivity contribution in [1.29, 1.82) is 0 Å². The van der Waals surface area contributed by atoms with E-state index in [-0.39, 0.29) is 10.8 Å². The summed E-state index contributed by atoms with van der Waals surface area (Å²) in [4.78, 5) is 17.6. The van der Waals surface area contributed by atoms with Gasteiger partial charge in [0.05, 0.1) is 10.5 Å². The summed E-state index contributed by atoms with van der Waals surface area (Å²) >= 11 is 3.38. The van der Waals surface area contributed by atoms with Crippen LogP contribution in [0.4, 0.5) is 0 Å². The predicted molar refractivity (Wildman–Crippen MR) is 118 cm³/mol. The molecule has 0 spiro atoms. The van der Waals surface area contributed by atoms with Gasteiger partial charge in [-0.25, -0.2) is 8.42 Å². The van der Waals surface area contributed by atoms with E-state index in [1.165, 1.54) is 10.4 Å². The first-order chi connectivity index (χ1) is 13.9. The summed E-state index contributed by atoms with van der Waals surface area (Å²) in [6.45, 7) is 7.17. The second kappa shape index (κ2) is 10.3. The molecule has 0 unspecified atom stereocenters. The molecule has 162 valence electrons. The topological polar surface area (TPSA) is 73.0 Å². The van der Waals surface area contributed by atoms with Crippen LogP contribution >= 0.6 is 15.9 Å². The Morgan fingerprint density at radius 3 is 2.45 bits per heavy atom. The third-order valence-electron chi connectivity index (χ3n) is 5.67. The zero-order valence-corrected chi connectivity index (χ0v) is 19.5. The second-order valence-corrected chi connectivity index (χ2v) is 10.7. The van der Waals surface area contributed by atoms with E-state index in [1.54, 1.807) is 12.1 Å². The summed E-state index contributed by atoms with van der Waals surface area (Å²) in [6, 6.07) is 4.69. The van der Waals surface area contributed by atoms with Crippen LogP contribution in [0, 0.1) is 0 Å². The molecule has 0 aliphatic carbocycles. The minimum atomic E-state index is -3.53. The maximum absolute atomic E-state index is 12.8. The standard InChI is InChI=1S/C20H31BrN4O3S/c1-23-12-14-24(15-13-23)9-3-2-8-22-20(26)18-16-17(6-7-19(18)21)29(27,28)25-10-4-5-11-25/h6-7,16H,2-5,8-15H2,1H3,(H,22,26). The maximum Gasteiger partial charge on any atom is 0.252 e. The van der Waals surface area contributed by atoms with Gasteiger partial charge >= 0.3 is 0 Å². The normalized spacial score (nSPS) is 19.5. The Hall–Kier alpha value is -1.00. The molecule has 1 N–H and O–H groups in total. The molecule has 7 nitrogen and oxygen atoms in total. The van der Waals surface area contributed by atoms with Gasteiger partial charge in [0, 0.05) is 50.3 Å². The van der Waals surface area contributed by atoms with E-state index in [2.05, 4.69) is 38.1 Å². The summed E-state index contributed by atoms with van der Waals surface area (Å²) in [6.07, 6.45) is 3.71. The molecule has 2 saturated heterocycles. The van der Waals surface area contributed by atoms with Crippen molar-refractivity contribution in [3.8, 4) is 0 Å². The molecule has 29 heavy (non-hydrogen) atoms. The van der Waals surface area contributed by atoms with Crippen molar-refractivity contribution in [2.75, 3.05) is 59.4 Å². The molecule has 1 aromatic carbocycles. The molecular formula is C20H31BrN4O3S. The molecule has 2 aliphatic rings. The molecule has 9 heteroatoms. The summed E-state index contributed by atoms with van der Waals surface area (Å²) in [5.41, 5.74) is 0.365. The first kappa shape index (κ1) is 22.7. The van der Waals surface area contributed by atoms with Crippen LogP contribution in [0.1, 0.15) is 36.0 Å². The first-order valence-electron chi connectivity index (χ1n) is 10.4. The number of hydrogen-bond acceptors (Lipinski definition) is 5. The molecule has 1 aromatic rings. The minimum absolute atomic E-state index is 0.183. The Morgan fingerprint density at radius 1 is 1.07 bits per heavy atom. The van der Waals surface area contributed by atoms with Gasteiger partial charge in [0.1, 0.15) is 0 Å². The van der Waals surface area contributed by atoms with Crippen molar-refractivity contribution >= 4 is 31.9 Å². The Balaban J connectivity index is 1.50. The SMILES string of the molecule is CN1CCN(CCCCNC(=O)c2cc(S(=O)(=O)N3CCCC3)ccc2Br)CC1. The first-order valence-corrected chi connectivity index (χ1v) is 12.6. The zero-order valence-electron chi connectivity index (χ0n) is 17.1. The lowest BCUT2D eigenvalue weighted by molar-refractivity contribution is 0.0951. The quantitative estimate of drug-likeness (QED) is 0.568. The van der Waals surface area contributed by atoms with Gasteiger partial charge in [0.15, 0.2) is 0 Å². The van der Waals surface area contributed by atoms with E-state index < -0.39 is 10.0 Å². The molecule has 2 heterocycles. The number of unbranched alkanes of at least 4 members (excludes halogenated alkanes) is 1. The molecular weight excluding hydrogens is 456 g/mol. The fourth-order valence-corrected chi connectivity index (χ4v) is 5.72. The second-order valence-electron chi connectivity index (χ2n) is 7.86.